The molecule has 3 rings (SSSR count). The van der Waals surface area contributed by atoms with Gasteiger partial charge in [-0.3, -0.25) is 9.78 Å². The van der Waals surface area contributed by atoms with Gasteiger partial charge in [0.25, 0.3) is 0 Å². The SMILES string of the molecule is CS(=O)(=O)N1CCCC[C@@H]1C(=O)Nc1cccc2cccnc12. The molecule has 1 aliphatic rings. The van der Waals surface area contributed by atoms with Gasteiger partial charge in [0.05, 0.1) is 17.5 Å². The average molecular weight is 333 g/mol. The number of carbonyl (C=O) groups excluding carboxylic acids is 1. The van der Waals surface area contributed by atoms with Gasteiger partial charge >= 0.3 is 0 Å². The highest BCUT2D eigenvalue weighted by molar-refractivity contribution is 7.88. The molecule has 1 N–H and O–H groups in total. The maximum absolute atomic E-state index is 12.6. The van der Waals surface area contributed by atoms with E-state index in [4.69, 9.17) is 0 Å². The molecule has 0 aliphatic carbocycles. The van der Waals surface area contributed by atoms with Crippen LogP contribution in [0.4, 0.5) is 5.69 Å². The summed E-state index contributed by atoms with van der Waals surface area (Å²) in [7, 11) is -3.40. The summed E-state index contributed by atoms with van der Waals surface area (Å²) in [5.41, 5.74) is 1.30. The molecule has 23 heavy (non-hydrogen) atoms. The largest absolute Gasteiger partial charge is 0.323 e. The van der Waals surface area contributed by atoms with Gasteiger partial charge in [0.15, 0.2) is 0 Å². The molecule has 2 aromatic rings. The van der Waals surface area contributed by atoms with Crippen LogP contribution in [0.3, 0.4) is 0 Å². The summed E-state index contributed by atoms with van der Waals surface area (Å²) in [4.78, 5) is 16.9. The molecule has 1 fully saturated rings. The van der Waals surface area contributed by atoms with Crippen molar-refractivity contribution in [2.24, 2.45) is 0 Å². The van der Waals surface area contributed by atoms with E-state index in [-0.39, 0.29) is 5.91 Å². The first-order valence-electron chi connectivity index (χ1n) is 7.58. The molecule has 0 saturated carbocycles. The lowest BCUT2D eigenvalue weighted by molar-refractivity contribution is -0.120. The molecule has 6 nitrogen and oxygen atoms in total. The number of hydrogen-bond donors (Lipinski definition) is 1. The Morgan fingerprint density at radius 1 is 1.26 bits per heavy atom. The molecule has 0 spiro atoms. The van der Waals surface area contributed by atoms with Crippen molar-refractivity contribution in [3.63, 3.8) is 0 Å². The lowest BCUT2D eigenvalue weighted by Crippen LogP contribution is -2.49. The van der Waals surface area contributed by atoms with E-state index in [0.717, 1.165) is 24.5 Å². The summed E-state index contributed by atoms with van der Waals surface area (Å²) in [6.07, 6.45) is 4.99. The Balaban J connectivity index is 1.88. The van der Waals surface area contributed by atoms with Crippen LogP contribution in [0, 0.1) is 0 Å². The van der Waals surface area contributed by atoms with Gasteiger partial charge in [-0.1, -0.05) is 24.6 Å². The number of anilines is 1. The number of piperidine rings is 1. The molecule has 122 valence electrons. The van der Waals surface area contributed by atoms with Crippen LogP contribution in [-0.2, 0) is 14.8 Å². The zero-order valence-corrected chi connectivity index (χ0v) is 13.7. The van der Waals surface area contributed by atoms with Crippen molar-refractivity contribution in [3.05, 3.63) is 36.5 Å². The lowest BCUT2D eigenvalue weighted by atomic mass is 10.0. The van der Waals surface area contributed by atoms with Crippen molar-refractivity contribution in [2.75, 3.05) is 18.1 Å². The molecule has 1 aliphatic heterocycles. The molecule has 0 bridgehead atoms. The van der Waals surface area contributed by atoms with Gasteiger partial charge in [0.2, 0.25) is 15.9 Å². The predicted octanol–water partition coefficient (Wildman–Crippen LogP) is 1.99. The van der Waals surface area contributed by atoms with Gasteiger partial charge in [-0.25, -0.2) is 8.42 Å². The third-order valence-corrected chi connectivity index (χ3v) is 5.36. The van der Waals surface area contributed by atoms with Gasteiger partial charge in [0, 0.05) is 18.1 Å². The van der Waals surface area contributed by atoms with E-state index in [2.05, 4.69) is 10.3 Å². The Kier molecular flexibility index (Phi) is 4.32. The van der Waals surface area contributed by atoms with Crippen LogP contribution in [0.25, 0.3) is 10.9 Å². The lowest BCUT2D eigenvalue weighted by Gasteiger charge is -2.32. The van der Waals surface area contributed by atoms with Gasteiger partial charge in [-0.2, -0.15) is 4.31 Å². The van der Waals surface area contributed by atoms with Crippen molar-refractivity contribution < 1.29 is 13.2 Å². The minimum atomic E-state index is -3.40. The van der Waals surface area contributed by atoms with Gasteiger partial charge in [-0.15, -0.1) is 0 Å². The minimum Gasteiger partial charge on any atom is -0.323 e. The summed E-state index contributed by atoms with van der Waals surface area (Å²) in [6.45, 7) is 0.394. The molecule has 2 heterocycles. The second-order valence-electron chi connectivity index (χ2n) is 5.76. The smallest absolute Gasteiger partial charge is 0.242 e. The van der Waals surface area contributed by atoms with Crippen LogP contribution in [0.2, 0.25) is 0 Å². The summed E-state index contributed by atoms with van der Waals surface area (Å²) in [5.74, 6) is -0.298. The minimum absolute atomic E-state index is 0.298. The second-order valence-corrected chi connectivity index (χ2v) is 7.69. The third kappa shape index (κ3) is 3.35. The normalized spacial score (nSPS) is 19.6. The highest BCUT2D eigenvalue weighted by Gasteiger charge is 2.34. The van der Waals surface area contributed by atoms with E-state index >= 15 is 0 Å². The van der Waals surface area contributed by atoms with E-state index in [0.29, 0.717) is 24.2 Å². The van der Waals surface area contributed by atoms with Crippen molar-refractivity contribution in [1.29, 1.82) is 0 Å². The number of hydrogen-bond acceptors (Lipinski definition) is 4. The highest BCUT2D eigenvalue weighted by Crippen LogP contribution is 2.24. The van der Waals surface area contributed by atoms with Crippen LogP contribution in [0.1, 0.15) is 19.3 Å². The summed E-state index contributed by atoms with van der Waals surface area (Å²) < 4.78 is 25.1. The van der Waals surface area contributed by atoms with E-state index in [1.807, 2.05) is 24.3 Å². The Labute approximate surface area is 135 Å². The predicted molar refractivity (Wildman–Crippen MR) is 89.6 cm³/mol. The maximum Gasteiger partial charge on any atom is 0.242 e. The van der Waals surface area contributed by atoms with E-state index < -0.39 is 16.1 Å². The first kappa shape index (κ1) is 15.9. The number of nitrogens with zero attached hydrogens (tertiary/aromatic N) is 2. The van der Waals surface area contributed by atoms with Crippen molar-refractivity contribution in [2.45, 2.75) is 25.3 Å². The summed E-state index contributed by atoms with van der Waals surface area (Å²) >= 11 is 0. The van der Waals surface area contributed by atoms with Gasteiger partial charge in [0.1, 0.15) is 6.04 Å². The quantitative estimate of drug-likeness (QED) is 0.931. The number of amides is 1. The number of sulfonamides is 1. The number of pyridine rings is 1. The highest BCUT2D eigenvalue weighted by atomic mass is 32.2. The van der Waals surface area contributed by atoms with E-state index in [1.54, 1.807) is 12.3 Å². The molecule has 1 atom stereocenters. The fourth-order valence-corrected chi connectivity index (χ4v) is 4.11. The molecular formula is C16H19N3O3S. The summed E-state index contributed by atoms with van der Waals surface area (Å²) in [5, 5.41) is 3.77. The van der Waals surface area contributed by atoms with Crippen LogP contribution in [0.15, 0.2) is 36.5 Å². The first-order chi connectivity index (χ1) is 11.0. The molecule has 1 saturated heterocycles. The van der Waals surface area contributed by atoms with Crippen LogP contribution in [-0.4, -0.2) is 42.5 Å². The molecule has 1 aromatic heterocycles. The Morgan fingerprint density at radius 3 is 2.83 bits per heavy atom. The zero-order chi connectivity index (χ0) is 16.4. The number of benzene rings is 1. The van der Waals surface area contributed by atoms with E-state index in [1.165, 1.54) is 4.31 Å². The molecule has 0 radical (unpaired) electrons. The van der Waals surface area contributed by atoms with Crippen LogP contribution < -0.4 is 5.32 Å². The van der Waals surface area contributed by atoms with Gasteiger partial charge in [-0.05, 0) is 25.0 Å². The zero-order valence-electron chi connectivity index (χ0n) is 12.9. The van der Waals surface area contributed by atoms with Crippen molar-refractivity contribution in [3.8, 4) is 0 Å². The van der Waals surface area contributed by atoms with Crippen LogP contribution >= 0.6 is 0 Å². The monoisotopic (exact) mass is 333 g/mol. The molecule has 0 unspecified atom stereocenters. The number of fused-ring (bicyclic) bond motifs is 1. The standard InChI is InChI=1S/C16H19N3O3S/c1-23(21,22)19-11-3-2-9-14(19)16(20)18-13-8-4-6-12-7-5-10-17-15(12)13/h4-8,10,14H,2-3,9,11H2,1H3,(H,18,20)/t14-/m1/s1. The number of rotatable bonds is 3. The molecule has 7 heteroatoms. The molecule has 1 aromatic carbocycles. The van der Waals surface area contributed by atoms with Gasteiger partial charge < -0.3 is 5.32 Å². The number of carbonyl (C=O) groups is 1. The Bertz CT molecular complexity index is 830. The second kappa shape index (κ2) is 6.25. The molecule has 1 amide bonds. The topological polar surface area (TPSA) is 79.4 Å². The van der Waals surface area contributed by atoms with Crippen molar-refractivity contribution >= 4 is 32.5 Å². The Morgan fingerprint density at radius 2 is 2.04 bits per heavy atom. The van der Waals surface area contributed by atoms with E-state index in [9.17, 15) is 13.2 Å². The average Bonchev–Trinajstić information content (AvgIpc) is 2.54. The fourth-order valence-electron chi connectivity index (χ4n) is 2.99. The number of nitrogens with one attached hydrogen (secondary N) is 1. The maximum atomic E-state index is 12.6. The fraction of sp³-hybridized carbons (Fsp3) is 0.375. The first-order valence-corrected chi connectivity index (χ1v) is 9.43. The third-order valence-electron chi connectivity index (χ3n) is 4.07. The Hall–Kier alpha value is -1.99. The number of aromatic nitrogens is 1. The van der Waals surface area contributed by atoms with Crippen molar-refractivity contribution in [1.82, 2.24) is 9.29 Å². The summed E-state index contributed by atoms with van der Waals surface area (Å²) in [6, 6.07) is 8.64. The number of para-hydroxylation sites is 1. The molecular weight excluding hydrogens is 314 g/mol. The van der Waals surface area contributed by atoms with Crippen LogP contribution in [0.5, 0.6) is 0 Å².